The van der Waals surface area contributed by atoms with Crippen molar-refractivity contribution in [3.8, 4) is 12.3 Å². The number of hydrogen-bond acceptors (Lipinski definition) is 1. The van der Waals surface area contributed by atoms with Crippen LogP contribution >= 0.6 is 0 Å². The number of nitrogens with two attached hydrogens (primary N) is 1. The Bertz CT molecular complexity index is 381. The van der Waals surface area contributed by atoms with Gasteiger partial charge in [0.05, 0.1) is 0 Å². The predicted molar refractivity (Wildman–Crippen MR) is 58.9 cm³/mol. The Morgan fingerprint density at radius 3 is 2.14 bits per heavy atom. The van der Waals surface area contributed by atoms with E-state index in [0.29, 0.717) is 12.0 Å². The van der Waals surface area contributed by atoms with Crippen LogP contribution in [-0.2, 0) is 0 Å². The summed E-state index contributed by atoms with van der Waals surface area (Å²) in [7, 11) is 0. The van der Waals surface area contributed by atoms with Crippen LogP contribution in [0.3, 0.4) is 0 Å². The summed E-state index contributed by atoms with van der Waals surface area (Å²) < 4.78 is 0. The Balaban J connectivity index is 2.25. The zero-order chi connectivity index (χ0) is 10.3. The van der Waals surface area contributed by atoms with Crippen LogP contribution in [-0.4, -0.2) is 6.04 Å². The average Bonchev–Trinajstić information content (AvgIpc) is 2.67. The quantitative estimate of drug-likeness (QED) is 0.666. The molecule has 1 nitrogen and oxygen atoms in total. The second kappa shape index (κ2) is 2.87. The number of hydrogen-bond donors (Lipinski definition) is 1. The molecule has 0 spiro atoms. The summed E-state index contributed by atoms with van der Waals surface area (Å²) >= 11 is 0. The van der Waals surface area contributed by atoms with Gasteiger partial charge in [-0.3, -0.25) is 0 Å². The first-order valence-corrected chi connectivity index (χ1v) is 4.89. The predicted octanol–water partition coefficient (Wildman–Crippen LogP) is 2.12. The highest BCUT2D eigenvalue weighted by Crippen LogP contribution is 2.57. The summed E-state index contributed by atoms with van der Waals surface area (Å²) in [5.41, 5.74) is 8.49. The zero-order valence-electron chi connectivity index (χ0n) is 8.62. The van der Waals surface area contributed by atoms with Gasteiger partial charge in [0, 0.05) is 17.5 Å². The minimum atomic E-state index is 0.248. The third-order valence-corrected chi connectivity index (χ3v) is 3.35. The van der Waals surface area contributed by atoms with Gasteiger partial charge in [0.15, 0.2) is 0 Å². The molecule has 14 heavy (non-hydrogen) atoms. The smallest absolute Gasteiger partial charge is 0.0242 e. The summed E-state index contributed by atoms with van der Waals surface area (Å²) in [6.07, 6.45) is 5.30. The van der Waals surface area contributed by atoms with Gasteiger partial charge in [-0.25, -0.2) is 0 Å². The molecule has 1 fully saturated rings. The fourth-order valence-corrected chi connectivity index (χ4v) is 2.10. The molecule has 1 aliphatic carbocycles. The van der Waals surface area contributed by atoms with Gasteiger partial charge in [-0.05, 0) is 23.1 Å². The molecule has 2 rings (SSSR count). The molecule has 72 valence electrons. The van der Waals surface area contributed by atoms with Crippen LogP contribution in [0.15, 0.2) is 24.3 Å². The van der Waals surface area contributed by atoms with E-state index in [0.717, 1.165) is 5.56 Å². The second-order valence-corrected chi connectivity index (χ2v) is 4.59. The minimum absolute atomic E-state index is 0.248. The van der Waals surface area contributed by atoms with E-state index < -0.39 is 0 Å². The van der Waals surface area contributed by atoms with Crippen LogP contribution in [0.4, 0.5) is 0 Å². The van der Waals surface area contributed by atoms with E-state index in [1.54, 1.807) is 0 Å². The van der Waals surface area contributed by atoms with Gasteiger partial charge in [-0.15, -0.1) is 6.42 Å². The highest BCUT2D eigenvalue weighted by molar-refractivity contribution is 5.40. The van der Waals surface area contributed by atoms with Crippen molar-refractivity contribution in [3.05, 3.63) is 35.4 Å². The molecular formula is C13H15N. The van der Waals surface area contributed by atoms with Crippen molar-refractivity contribution in [2.24, 2.45) is 11.1 Å². The molecule has 1 aromatic rings. The van der Waals surface area contributed by atoms with Crippen molar-refractivity contribution in [1.29, 1.82) is 0 Å². The van der Waals surface area contributed by atoms with Crippen LogP contribution in [0.1, 0.15) is 30.9 Å². The maximum Gasteiger partial charge on any atom is 0.0242 e. The highest BCUT2D eigenvalue weighted by atomic mass is 14.8. The van der Waals surface area contributed by atoms with E-state index >= 15 is 0 Å². The first kappa shape index (κ1) is 9.30. The van der Waals surface area contributed by atoms with Crippen molar-refractivity contribution in [2.75, 3.05) is 0 Å². The normalized spacial score (nSPS) is 28.1. The molecule has 1 aliphatic rings. The first-order valence-electron chi connectivity index (χ1n) is 4.89. The third kappa shape index (κ3) is 1.23. The molecular weight excluding hydrogens is 170 g/mol. The summed E-state index contributed by atoms with van der Waals surface area (Å²) in [5.74, 6) is 3.11. The standard InChI is InChI=1S/C13H15N/c1-4-9-5-7-10(8-6-9)11-12(14)13(11,2)3/h1,5-8,11-12H,14H2,2-3H3. The number of benzene rings is 1. The first-order chi connectivity index (χ1) is 6.57. The molecule has 1 heteroatoms. The molecule has 0 bridgehead atoms. The van der Waals surface area contributed by atoms with E-state index in [1.165, 1.54) is 5.56 Å². The van der Waals surface area contributed by atoms with Gasteiger partial charge in [-0.1, -0.05) is 31.9 Å². The van der Waals surface area contributed by atoms with Crippen molar-refractivity contribution in [1.82, 2.24) is 0 Å². The Kier molecular flexibility index (Phi) is 1.90. The van der Waals surface area contributed by atoms with E-state index in [4.69, 9.17) is 12.2 Å². The fraction of sp³-hybridized carbons (Fsp3) is 0.385. The van der Waals surface area contributed by atoms with Gasteiger partial charge in [-0.2, -0.15) is 0 Å². The Labute approximate surface area is 85.3 Å². The molecule has 1 saturated carbocycles. The summed E-state index contributed by atoms with van der Waals surface area (Å²) in [6.45, 7) is 4.41. The minimum Gasteiger partial charge on any atom is -0.327 e. The lowest BCUT2D eigenvalue weighted by molar-refractivity contribution is 0.599. The number of rotatable bonds is 1. The second-order valence-electron chi connectivity index (χ2n) is 4.59. The van der Waals surface area contributed by atoms with Gasteiger partial charge in [0.2, 0.25) is 0 Å². The SMILES string of the molecule is C#Cc1ccc(C2C(N)C2(C)C)cc1. The van der Waals surface area contributed by atoms with Crippen LogP contribution in [0.2, 0.25) is 0 Å². The van der Waals surface area contributed by atoms with Gasteiger partial charge in [0.1, 0.15) is 0 Å². The van der Waals surface area contributed by atoms with Crippen molar-refractivity contribution < 1.29 is 0 Å². The molecule has 0 saturated heterocycles. The maximum absolute atomic E-state index is 6.01. The molecule has 2 N–H and O–H groups in total. The third-order valence-electron chi connectivity index (χ3n) is 3.35. The van der Waals surface area contributed by atoms with E-state index in [-0.39, 0.29) is 5.41 Å². The van der Waals surface area contributed by atoms with Crippen molar-refractivity contribution in [2.45, 2.75) is 25.8 Å². The zero-order valence-corrected chi connectivity index (χ0v) is 8.62. The largest absolute Gasteiger partial charge is 0.327 e. The average molecular weight is 185 g/mol. The summed E-state index contributed by atoms with van der Waals surface area (Å²) in [5, 5.41) is 0. The molecule has 1 aromatic carbocycles. The molecule has 2 atom stereocenters. The van der Waals surface area contributed by atoms with Gasteiger partial charge in [0.25, 0.3) is 0 Å². The lowest BCUT2D eigenvalue weighted by Crippen LogP contribution is -2.06. The van der Waals surface area contributed by atoms with Crippen molar-refractivity contribution in [3.63, 3.8) is 0 Å². The maximum atomic E-state index is 6.01. The Hall–Kier alpha value is -1.26. The number of terminal acetylenes is 1. The molecule has 2 unspecified atom stereocenters. The lowest BCUT2D eigenvalue weighted by Gasteiger charge is -2.02. The summed E-state index contributed by atoms with van der Waals surface area (Å²) in [4.78, 5) is 0. The summed E-state index contributed by atoms with van der Waals surface area (Å²) in [6, 6.07) is 8.44. The molecule has 0 amide bonds. The van der Waals surface area contributed by atoms with Gasteiger partial charge >= 0.3 is 0 Å². The monoisotopic (exact) mass is 185 g/mol. The van der Waals surface area contributed by atoms with Crippen LogP contribution in [0.5, 0.6) is 0 Å². The van der Waals surface area contributed by atoms with Crippen molar-refractivity contribution >= 4 is 0 Å². The molecule has 0 heterocycles. The Morgan fingerprint density at radius 1 is 1.29 bits per heavy atom. The van der Waals surface area contributed by atoms with E-state index in [1.807, 2.05) is 12.1 Å². The van der Waals surface area contributed by atoms with E-state index in [2.05, 4.69) is 31.9 Å². The van der Waals surface area contributed by atoms with E-state index in [9.17, 15) is 0 Å². The lowest BCUT2D eigenvalue weighted by atomic mass is 10.0. The van der Waals surface area contributed by atoms with Crippen LogP contribution in [0.25, 0.3) is 0 Å². The molecule has 0 radical (unpaired) electrons. The topological polar surface area (TPSA) is 26.0 Å². The fourth-order valence-electron chi connectivity index (χ4n) is 2.10. The van der Waals surface area contributed by atoms with Crippen LogP contribution in [0, 0.1) is 17.8 Å². The Morgan fingerprint density at radius 2 is 1.79 bits per heavy atom. The van der Waals surface area contributed by atoms with Crippen LogP contribution < -0.4 is 5.73 Å². The molecule has 0 aliphatic heterocycles. The highest BCUT2D eigenvalue weighted by Gasteiger charge is 2.55. The van der Waals surface area contributed by atoms with Gasteiger partial charge < -0.3 is 5.73 Å². The molecule has 0 aromatic heterocycles.